The van der Waals surface area contributed by atoms with E-state index in [2.05, 4.69) is 26.0 Å². The van der Waals surface area contributed by atoms with Crippen molar-refractivity contribution in [2.75, 3.05) is 0 Å². The average molecular weight is 222 g/mol. The minimum Gasteiger partial charge on any atom is -0.488 e. The first-order valence-corrected chi connectivity index (χ1v) is 5.99. The van der Waals surface area contributed by atoms with Crippen LogP contribution in [0.2, 0.25) is 0 Å². The van der Waals surface area contributed by atoms with Crippen molar-refractivity contribution < 1.29 is 9.84 Å². The Labute approximate surface area is 98.3 Å². The molecule has 0 aliphatic heterocycles. The van der Waals surface area contributed by atoms with Crippen LogP contribution in [0.1, 0.15) is 45.6 Å². The van der Waals surface area contributed by atoms with Crippen LogP contribution in [0.4, 0.5) is 0 Å². The van der Waals surface area contributed by atoms with Gasteiger partial charge in [-0.15, -0.1) is 0 Å². The molecule has 1 aromatic carbocycles. The molecule has 0 aromatic heterocycles. The van der Waals surface area contributed by atoms with Crippen LogP contribution in [0.15, 0.2) is 24.3 Å². The van der Waals surface area contributed by atoms with Gasteiger partial charge in [0.25, 0.3) is 0 Å². The summed E-state index contributed by atoms with van der Waals surface area (Å²) in [6, 6.07) is 8.14. The van der Waals surface area contributed by atoms with Gasteiger partial charge in [-0.05, 0) is 43.9 Å². The van der Waals surface area contributed by atoms with Gasteiger partial charge >= 0.3 is 0 Å². The SMILES string of the molecule is CCC(C)c1ccc(OC(C)C(C)O)cc1. The van der Waals surface area contributed by atoms with Gasteiger partial charge in [0.15, 0.2) is 0 Å². The fraction of sp³-hybridized carbons (Fsp3) is 0.571. The smallest absolute Gasteiger partial charge is 0.121 e. The summed E-state index contributed by atoms with van der Waals surface area (Å²) < 4.78 is 5.59. The predicted molar refractivity (Wildman–Crippen MR) is 66.9 cm³/mol. The van der Waals surface area contributed by atoms with Crippen LogP contribution in [-0.2, 0) is 0 Å². The lowest BCUT2D eigenvalue weighted by Gasteiger charge is -2.17. The monoisotopic (exact) mass is 222 g/mol. The molecule has 3 atom stereocenters. The maximum atomic E-state index is 9.34. The van der Waals surface area contributed by atoms with Crippen LogP contribution in [0.25, 0.3) is 0 Å². The first kappa shape index (κ1) is 13.0. The van der Waals surface area contributed by atoms with E-state index in [1.807, 2.05) is 19.1 Å². The van der Waals surface area contributed by atoms with E-state index in [1.54, 1.807) is 6.92 Å². The topological polar surface area (TPSA) is 29.5 Å². The molecule has 0 aliphatic carbocycles. The highest BCUT2D eigenvalue weighted by molar-refractivity contribution is 5.29. The van der Waals surface area contributed by atoms with Gasteiger partial charge in [0.2, 0.25) is 0 Å². The van der Waals surface area contributed by atoms with E-state index in [0.29, 0.717) is 5.92 Å². The van der Waals surface area contributed by atoms with Gasteiger partial charge in [-0.25, -0.2) is 0 Å². The standard InChI is InChI=1S/C14H22O2/c1-5-10(2)13-6-8-14(9-7-13)16-12(4)11(3)15/h6-12,15H,5H2,1-4H3. The molecule has 2 nitrogen and oxygen atoms in total. The first-order chi connectivity index (χ1) is 7.54. The normalized spacial score (nSPS) is 16.6. The number of benzene rings is 1. The molecule has 90 valence electrons. The fourth-order valence-electron chi connectivity index (χ4n) is 1.42. The Morgan fingerprint density at radius 2 is 1.69 bits per heavy atom. The number of ether oxygens (including phenoxy) is 1. The molecule has 1 N–H and O–H groups in total. The van der Waals surface area contributed by atoms with Gasteiger partial charge in [-0.1, -0.05) is 26.0 Å². The summed E-state index contributed by atoms with van der Waals surface area (Å²) >= 11 is 0. The molecule has 0 bridgehead atoms. The van der Waals surface area contributed by atoms with Gasteiger partial charge in [0, 0.05) is 0 Å². The van der Waals surface area contributed by atoms with Crippen LogP contribution < -0.4 is 4.74 Å². The largest absolute Gasteiger partial charge is 0.488 e. The van der Waals surface area contributed by atoms with Crippen LogP contribution in [-0.4, -0.2) is 17.3 Å². The quantitative estimate of drug-likeness (QED) is 0.828. The Hall–Kier alpha value is -1.02. The Bertz CT molecular complexity index is 303. The van der Waals surface area contributed by atoms with Gasteiger partial charge < -0.3 is 9.84 Å². The van der Waals surface area contributed by atoms with E-state index in [1.165, 1.54) is 5.56 Å². The number of hydrogen-bond acceptors (Lipinski definition) is 2. The highest BCUT2D eigenvalue weighted by Gasteiger charge is 2.10. The molecule has 0 spiro atoms. The van der Waals surface area contributed by atoms with Crippen molar-refractivity contribution in [3.05, 3.63) is 29.8 Å². The van der Waals surface area contributed by atoms with Crippen molar-refractivity contribution in [1.29, 1.82) is 0 Å². The van der Waals surface area contributed by atoms with E-state index >= 15 is 0 Å². The van der Waals surface area contributed by atoms with Gasteiger partial charge in [-0.2, -0.15) is 0 Å². The van der Waals surface area contributed by atoms with Gasteiger partial charge in [0.05, 0.1) is 6.10 Å². The molecule has 3 unspecified atom stereocenters. The summed E-state index contributed by atoms with van der Waals surface area (Å²) in [5, 5.41) is 9.34. The Kier molecular flexibility index (Phi) is 4.81. The van der Waals surface area contributed by atoms with E-state index in [4.69, 9.17) is 4.74 Å². The summed E-state index contributed by atoms with van der Waals surface area (Å²) in [4.78, 5) is 0. The number of aliphatic hydroxyl groups excluding tert-OH is 1. The van der Waals surface area contributed by atoms with Crippen LogP contribution in [0.3, 0.4) is 0 Å². The molecule has 0 heterocycles. The molecule has 0 amide bonds. The third kappa shape index (κ3) is 3.53. The lowest BCUT2D eigenvalue weighted by Crippen LogP contribution is -2.25. The Morgan fingerprint density at radius 3 is 2.12 bits per heavy atom. The summed E-state index contributed by atoms with van der Waals surface area (Å²) in [6.45, 7) is 8.00. The zero-order chi connectivity index (χ0) is 12.1. The second-order valence-electron chi connectivity index (χ2n) is 4.44. The van der Waals surface area contributed by atoms with Crippen molar-refractivity contribution in [3.63, 3.8) is 0 Å². The average Bonchev–Trinajstić information content (AvgIpc) is 2.28. The first-order valence-electron chi connectivity index (χ1n) is 5.99. The molecule has 16 heavy (non-hydrogen) atoms. The van der Waals surface area contributed by atoms with Gasteiger partial charge in [-0.3, -0.25) is 0 Å². The Morgan fingerprint density at radius 1 is 1.12 bits per heavy atom. The lowest BCUT2D eigenvalue weighted by atomic mass is 9.99. The molecule has 0 radical (unpaired) electrons. The maximum absolute atomic E-state index is 9.34. The summed E-state index contributed by atoms with van der Waals surface area (Å²) in [7, 11) is 0. The molecule has 0 saturated heterocycles. The number of rotatable bonds is 5. The second-order valence-corrected chi connectivity index (χ2v) is 4.44. The van der Waals surface area contributed by atoms with Crippen molar-refractivity contribution >= 4 is 0 Å². The lowest BCUT2D eigenvalue weighted by molar-refractivity contribution is 0.0604. The maximum Gasteiger partial charge on any atom is 0.121 e. The zero-order valence-corrected chi connectivity index (χ0v) is 10.6. The van der Waals surface area contributed by atoms with Crippen molar-refractivity contribution in [2.45, 2.75) is 52.2 Å². The van der Waals surface area contributed by atoms with Crippen LogP contribution in [0.5, 0.6) is 5.75 Å². The molecule has 1 aromatic rings. The van der Waals surface area contributed by atoms with Crippen molar-refractivity contribution in [2.24, 2.45) is 0 Å². The Balaban J connectivity index is 2.64. The second kappa shape index (κ2) is 5.90. The minimum absolute atomic E-state index is 0.172. The molecule has 2 heteroatoms. The summed E-state index contributed by atoms with van der Waals surface area (Å²) in [5.74, 6) is 1.41. The van der Waals surface area contributed by atoms with E-state index in [-0.39, 0.29) is 6.10 Å². The number of aliphatic hydroxyl groups is 1. The predicted octanol–water partition coefficient (Wildman–Crippen LogP) is 3.35. The third-order valence-electron chi connectivity index (χ3n) is 3.06. The summed E-state index contributed by atoms with van der Waals surface area (Å²) in [5.41, 5.74) is 1.33. The minimum atomic E-state index is -0.450. The van der Waals surface area contributed by atoms with Crippen molar-refractivity contribution in [3.8, 4) is 5.75 Å². The molecule has 0 aliphatic rings. The van der Waals surface area contributed by atoms with E-state index < -0.39 is 6.10 Å². The molecular weight excluding hydrogens is 200 g/mol. The number of hydrogen-bond donors (Lipinski definition) is 1. The van der Waals surface area contributed by atoms with Crippen LogP contribution in [0, 0.1) is 0 Å². The van der Waals surface area contributed by atoms with Gasteiger partial charge in [0.1, 0.15) is 11.9 Å². The molecular formula is C14H22O2. The van der Waals surface area contributed by atoms with Crippen molar-refractivity contribution in [1.82, 2.24) is 0 Å². The molecule has 1 rings (SSSR count). The molecule has 0 saturated carbocycles. The van der Waals surface area contributed by atoms with E-state index in [0.717, 1.165) is 12.2 Å². The fourth-order valence-corrected chi connectivity index (χ4v) is 1.42. The van der Waals surface area contributed by atoms with E-state index in [9.17, 15) is 5.11 Å². The highest BCUT2D eigenvalue weighted by atomic mass is 16.5. The van der Waals surface area contributed by atoms with Crippen LogP contribution >= 0.6 is 0 Å². The zero-order valence-electron chi connectivity index (χ0n) is 10.6. The summed E-state index contributed by atoms with van der Waals surface area (Å²) in [6.07, 6.45) is 0.522. The third-order valence-corrected chi connectivity index (χ3v) is 3.06. The molecule has 0 fully saturated rings. The highest BCUT2D eigenvalue weighted by Crippen LogP contribution is 2.22.